The minimum atomic E-state index is -4.19. The molecule has 0 saturated carbocycles. The van der Waals surface area contributed by atoms with E-state index in [1.807, 2.05) is 19.9 Å². The van der Waals surface area contributed by atoms with Gasteiger partial charge in [0.15, 0.2) is 0 Å². The normalized spacial score (nSPS) is 26.0. The van der Waals surface area contributed by atoms with Gasteiger partial charge in [0.1, 0.15) is 11.9 Å². The molecule has 2 unspecified atom stereocenters. The van der Waals surface area contributed by atoms with Crippen molar-refractivity contribution in [1.29, 1.82) is 0 Å². The number of allylic oxidation sites excluding steroid dienone is 1. The van der Waals surface area contributed by atoms with Crippen LogP contribution in [0.3, 0.4) is 0 Å². The summed E-state index contributed by atoms with van der Waals surface area (Å²) < 4.78 is 35.5. The molecular formula is C14H22O6S. The largest absolute Gasteiger partial charge is 0.459 e. The van der Waals surface area contributed by atoms with Crippen LogP contribution in [0.25, 0.3) is 0 Å². The van der Waals surface area contributed by atoms with E-state index in [2.05, 4.69) is 0 Å². The Hall–Kier alpha value is -1.21. The fourth-order valence-corrected chi connectivity index (χ4v) is 3.02. The van der Waals surface area contributed by atoms with Crippen LogP contribution in [0.2, 0.25) is 0 Å². The molecule has 1 aliphatic rings. The molecule has 0 fully saturated rings. The molecule has 6 nitrogen and oxygen atoms in total. The standard InChI is InChI=1S/C14H22O6S/c1-3-11-7-12(10-15)9-14(4-2,8-11)20-13(16)5-6-21(17,18)19/h7,10,12H,3-6,8-9H2,1-2H3,(H,17,18,19). The molecule has 21 heavy (non-hydrogen) atoms. The minimum absolute atomic E-state index is 0.289. The Morgan fingerprint density at radius 2 is 2.19 bits per heavy atom. The lowest BCUT2D eigenvalue weighted by Crippen LogP contribution is -2.40. The van der Waals surface area contributed by atoms with Crippen molar-refractivity contribution in [2.45, 2.75) is 51.6 Å². The fourth-order valence-electron chi connectivity index (χ4n) is 2.59. The van der Waals surface area contributed by atoms with Gasteiger partial charge in [-0.05, 0) is 12.8 Å². The molecule has 0 aromatic rings. The Morgan fingerprint density at radius 3 is 2.67 bits per heavy atom. The molecule has 0 aromatic carbocycles. The lowest BCUT2D eigenvalue weighted by atomic mass is 9.77. The van der Waals surface area contributed by atoms with Crippen molar-refractivity contribution < 1.29 is 27.3 Å². The van der Waals surface area contributed by atoms with Crippen LogP contribution in [0.5, 0.6) is 0 Å². The Morgan fingerprint density at radius 1 is 1.52 bits per heavy atom. The summed E-state index contributed by atoms with van der Waals surface area (Å²) in [4.78, 5) is 22.9. The van der Waals surface area contributed by atoms with Crippen molar-refractivity contribution in [3.63, 3.8) is 0 Å². The number of ether oxygens (including phenoxy) is 1. The number of esters is 1. The van der Waals surface area contributed by atoms with Crippen LogP contribution < -0.4 is 0 Å². The van der Waals surface area contributed by atoms with Crippen LogP contribution in [0.1, 0.15) is 46.0 Å². The Labute approximate surface area is 125 Å². The maximum absolute atomic E-state index is 11.8. The molecule has 7 heteroatoms. The van der Waals surface area contributed by atoms with Crippen molar-refractivity contribution in [2.24, 2.45) is 5.92 Å². The van der Waals surface area contributed by atoms with E-state index in [0.717, 1.165) is 18.3 Å². The van der Waals surface area contributed by atoms with Gasteiger partial charge in [-0.2, -0.15) is 8.42 Å². The number of rotatable bonds is 7. The predicted octanol–water partition coefficient (Wildman–Crippen LogP) is 1.90. The summed E-state index contributed by atoms with van der Waals surface area (Å²) in [6.07, 6.45) is 4.65. The highest BCUT2D eigenvalue weighted by Gasteiger charge is 2.38. The van der Waals surface area contributed by atoms with E-state index >= 15 is 0 Å². The van der Waals surface area contributed by atoms with Crippen molar-refractivity contribution in [3.8, 4) is 0 Å². The third-order valence-electron chi connectivity index (χ3n) is 3.77. The van der Waals surface area contributed by atoms with Crippen molar-refractivity contribution >= 4 is 22.4 Å². The fraction of sp³-hybridized carbons (Fsp3) is 0.714. The smallest absolute Gasteiger partial charge is 0.307 e. The van der Waals surface area contributed by atoms with Crippen LogP contribution >= 0.6 is 0 Å². The number of hydrogen-bond acceptors (Lipinski definition) is 5. The highest BCUT2D eigenvalue weighted by atomic mass is 32.2. The average molecular weight is 318 g/mol. The average Bonchev–Trinajstić information content (AvgIpc) is 2.43. The molecule has 0 heterocycles. The van der Waals surface area contributed by atoms with Crippen molar-refractivity contribution in [3.05, 3.63) is 11.6 Å². The van der Waals surface area contributed by atoms with Crippen molar-refractivity contribution in [2.75, 3.05) is 5.75 Å². The Bertz CT molecular complexity index is 522. The first-order valence-corrected chi connectivity index (χ1v) is 8.66. The summed E-state index contributed by atoms with van der Waals surface area (Å²) in [5.41, 5.74) is 0.296. The van der Waals surface area contributed by atoms with Gasteiger partial charge in [-0.1, -0.05) is 25.5 Å². The SMILES string of the molecule is CCC1=CC(C=O)CC(CC)(OC(=O)CCS(=O)(=O)O)C1. The third kappa shape index (κ3) is 5.59. The summed E-state index contributed by atoms with van der Waals surface area (Å²) in [6.45, 7) is 3.84. The van der Waals surface area contributed by atoms with Crippen LogP contribution in [-0.2, 0) is 24.4 Å². The van der Waals surface area contributed by atoms with Crippen LogP contribution in [0, 0.1) is 5.92 Å². The molecule has 0 bridgehead atoms. The molecule has 0 saturated heterocycles. The quantitative estimate of drug-likeness (QED) is 0.333. The molecule has 2 atom stereocenters. The Kier molecular flexibility index (Phi) is 6.10. The molecule has 120 valence electrons. The zero-order chi connectivity index (χ0) is 16.1. The first kappa shape index (κ1) is 17.8. The van der Waals surface area contributed by atoms with Gasteiger partial charge >= 0.3 is 5.97 Å². The first-order valence-electron chi connectivity index (χ1n) is 7.05. The van der Waals surface area contributed by atoms with Gasteiger partial charge in [-0.25, -0.2) is 0 Å². The number of carbonyl (C=O) groups excluding carboxylic acids is 2. The van der Waals surface area contributed by atoms with E-state index in [0.29, 0.717) is 19.3 Å². The van der Waals surface area contributed by atoms with Gasteiger partial charge in [0, 0.05) is 18.8 Å². The molecule has 0 aliphatic heterocycles. The zero-order valence-electron chi connectivity index (χ0n) is 12.4. The van der Waals surface area contributed by atoms with E-state index in [4.69, 9.17) is 9.29 Å². The monoisotopic (exact) mass is 318 g/mol. The Balaban J connectivity index is 2.79. The highest BCUT2D eigenvalue weighted by Crippen LogP contribution is 2.38. The summed E-state index contributed by atoms with van der Waals surface area (Å²) >= 11 is 0. The topological polar surface area (TPSA) is 97.7 Å². The second-order valence-electron chi connectivity index (χ2n) is 5.41. The second-order valence-corrected chi connectivity index (χ2v) is 6.98. The molecule has 0 aromatic heterocycles. The number of carbonyl (C=O) groups is 2. The molecule has 1 aliphatic carbocycles. The minimum Gasteiger partial charge on any atom is -0.459 e. The van der Waals surface area contributed by atoms with E-state index in [-0.39, 0.29) is 5.92 Å². The van der Waals surface area contributed by atoms with E-state index < -0.39 is 33.9 Å². The zero-order valence-corrected chi connectivity index (χ0v) is 13.2. The summed E-state index contributed by atoms with van der Waals surface area (Å²) in [7, 11) is -4.19. The highest BCUT2D eigenvalue weighted by molar-refractivity contribution is 7.85. The molecule has 1 rings (SSSR count). The predicted molar refractivity (Wildman–Crippen MR) is 77.3 cm³/mol. The second kappa shape index (κ2) is 7.17. The van der Waals surface area contributed by atoms with Gasteiger partial charge in [-0.15, -0.1) is 0 Å². The van der Waals surface area contributed by atoms with Crippen LogP contribution in [0.4, 0.5) is 0 Å². The van der Waals surface area contributed by atoms with Gasteiger partial charge < -0.3 is 9.53 Å². The van der Waals surface area contributed by atoms with Gasteiger partial charge in [0.25, 0.3) is 10.1 Å². The molecule has 0 radical (unpaired) electrons. The van der Waals surface area contributed by atoms with Gasteiger partial charge in [0.05, 0.1) is 12.2 Å². The van der Waals surface area contributed by atoms with E-state index in [1.165, 1.54) is 0 Å². The number of hydrogen-bond donors (Lipinski definition) is 1. The molecule has 1 N–H and O–H groups in total. The maximum atomic E-state index is 11.8. The lowest BCUT2D eigenvalue weighted by Gasteiger charge is -2.38. The summed E-state index contributed by atoms with van der Waals surface area (Å²) in [5, 5.41) is 0. The van der Waals surface area contributed by atoms with Gasteiger partial charge in [-0.3, -0.25) is 9.35 Å². The first-order chi connectivity index (χ1) is 9.73. The summed E-state index contributed by atoms with van der Waals surface area (Å²) in [6, 6.07) is 0. The molecular weight excluding hydrogens is 296 g/mol. The van der Waals surface area contributed by atoms with Crippen molar-refractivity contribution in [1.82, 2.24) is 0 Å². The molecule has 0 spiro atoms. The summed E-state index contributed by atoms with van der Waals surface area (Å²) in [5.74, 6) is -1.61. The third-order valence-corrected chi connectivity index (χ3v) is 4.49. The van der Waals surface area contributed by atoms with Crippen LogP contribution in [-0.4, -0.2) is 36.6 Å². The van der Waals surface area contributed by atoms with Crippen LogP contribution in [0.15, 0.2) is 11.6 Å². The van der Waals surface area contributed by atoms with E-state index in [9.17, 15) is 18.0 Å². The lowest BCUT2D eigenvalue weighted by molar-refractivity contribution is -0.162. The number of aldehydes is 1. The van der Waals surface area contributed by atoms with Gasteiger partial charge in [0.2, 0.25) is 0 Å². The maximum Gasteiger partial charge on any atom is 0.307 e. The molecule has 0 amide bonds. The van der Waals surface area contributed by atoms with E-state index in [1.54, 1.807) is 0 Å².